The molecule has 0 radical (unpaired) electrons. The van der Waals surface area contributed by atoms with Crippen LogP contribution in [-0.4, -0.2) is 59.9 Å². The van der Waals surface area contributed by atoms with Gasteiger partial charge in [0.15, 0.2) is 5.69 Å². The fraction of sp³-hybridized carbons (Fsp3) is 0.360. The number of benzene rings is 2. The first-order valence-electron chi connectivity index (χ1n) is 11.3. The van der Waals surface area contributed by atoms with Crippen LogP contribution in [0.4, 0.5) is 5.69 Å². The van der Waals surface area contributed by atoms with Crippen molar-refractivity contribution in [1.29, 1.82) is 0 Å². The SMILES string of the molecule is O=C(NCCN1CCN(c2ccccc2)CC1)c1nn(-c2ccccc2)c2c1CCC2. The molecule has 1 N–H and O–H groups in total. The molecule has 1 aliphatic heterocycles. The average Bonchev–Trinajstić information content (AvgIpc) is 3.44. The van der Waals surface area contributed by atoms with Gasteiger partial charge in [-0.25, -0.2) is 4.68 Å². The van der Waals surface area contributed by atoms with Gasteiger partial charge < -0.3 is 10.2 Å². The Bertz CT molecular complexity index is 1020. The Labute approximate surface area is 183 Å². The summed E-state index contributed by atoms with van der Waals surface area (Å²) in [6.07, 6.45) is 3.01. The standard InChI is InChI=1S/C25H29N5O/c31-25(24-22-12-7-13-23(22)30(27-24)21-10-5-2-6-11-21)26-14-15-28-16-18-29(19-17-28)20-8-3-1-4-9-20/h1-6,8-11H,7,12-19H2,(H,26,31). The molecule has 160 valence electrons. The van der Waals surface area contributed by atoms with Gasteiger partial charge >= 0.3 is 0 Å². The molecule has 2 aromatic carbocycles. The summed E-state index contributed by atoms with van der Waals surface area (Å²) in [6.45, 7) is 5.60. The van der Waals surface area contributed by atoms with Gasteiger partial charge in [0.05, 0.1) is 5.69 Å². The molecule has 1 fully saturated rings. The lowest BCUT2D eigenvalue weighted by atomic mass is 10.2. The van der Waals surface area contributed by atoms with Crippen molar-refractivity contribution in [2.24, 2.45) is 0 Å². The van der Waals surface area contributed by atoms with Crippen LogP contribution in [0.5, 0.6) is 0 Å². The van der Waals surface area contributed by atoms with E-state index < -0.39 is 0 Å². The van der Waals surface area contributed by atoms with Gasteiger partial charge in [0.25, 0.3) is 5.91 Å². The van der Waals surface area contributed by atoms with Crippen molar-refractivity contribution in [2.45, 2.75) is 19.3 Å². The number of amides is 1. The molecule has 2 aliphatic rings. The van der Waals surface area contributed by atoms with E-state index in [1.54, 1.807) is 0 Å². The normalized spacial score (nSPS) is 16.3. The number of rotatable bonds is 6. The molecule has 0 saturated carbocycles. The summed E-state index contributed by atoms with van der Waals surface area (Å²) in [7, 11) is 0. The summed E-state index contributed by atoms with van der Waals surface area (Å²) in [5.74, 6) is -0.0456. The summed E-state index contributed by atoms with van der Waals surface area (Å²) in [4.78, 5) is 17.8. The zero-order chi connectivity index (χ0) is 21.0. The van der Waals surface area contributed by atoms with Crippen molar-refractivity contribution in [3.05, 3.63) is 77.6 Å². The lowest BCUT2D eigenvalue weighted by Gasteiger charge is -2.36. The second-order valence-electron chi connectivity index (χ2n) is 8.29. The van der Waals surface area contributed by atoms with E-state index in [4.69, 9.17) is 5.10 Å². The molecular formula is C25H29N5O. The lowest BCUT2D eigenvalue weighted by Crippen LogP contribution is -2.48. The van der Waals surface area contributed by atoms with Gasteiger partial charge in [0.2, 0.25) is 0 Å². The predicted octanol–water partition coefficient (Wildman–Crippen LogP) is 2.91. The molecule has 3 aromatic rings. The van der Waals surface area contributed by atoms with Crippen LogP contribution in [0.3, 0.4) is 0 Å². The number of piperazine rings is 1. The Hall–Kier alpha value is -3.12. The average molecular weight is 416 g/mol. The van der Waals surface area contributed by atoms with Crippen molar-refractivity contribution < 1.29 is 4.79 Å². The van der Waals surface area contributed by atoms with Crippen LogP contribution in [0.2, 0.25) is 0 Å². The molecule has 2 heterocycles. The first kappa shape index (κ1) is 19.8. The van der Waals surface area contributed by atoms with Gasteiger partial charge in [-0.1, -0.05) is 36.4 Å². The minimum atomic E-state index is -0.0456. The fourth-order valence-corrected chi connectivity index (χ4v) is 4.68. The van der Waals surface area contributed by atoms with E-state index in [0.29, 0.717) is 12.2 Å². The molecule has 5 rings (SSSR count). The molecule has 1 amide bonds. The molecule has 0 atom stereocenters. The highest BCUT2D eigenvalue weighted by Crippen LogP contribution is 2.27. The molecule has 6 heteroatoms. The Morgan fingerprint density at radius 2 is 1.55 bits per heavy atom. The van der Waals surface area contributed by atoms with E-state index in [1.165, 1.54) is 11.4 Å². The van der Waals surface area contributed by atoms with Gasteiger partial charge in [-0.2, -0.15) is 5.10 Å². The Morgan fingerprint density at radius 3 is 2.26 bits per heavy atom. The van der Waals surface area contributed by atoms with Crippen molar-refractivity contribution >= 4 is 11.6 Å². The maximum atomic E-state index is 12.9. The zero-order valence-corrected chi connectivity index (χ0v) is 17.8. The van der Waals surface area contributed by atoms with Crippen LogP contribution in [-0.2, 0) is 12.8 Å². The number of carbonyl (C=O) groups is 1. The van der Waals surface area contributed by atoms with Gasteiger partial charge in [0.1, 0.15) is 0 Å². The number of hydrogen-bond donors (Lipinski definition) is 1. The van der Waals surface area contributed by atoms with Crippen LogP contribution in [0, 0.1) is 0 Å². The summed E-state index contributed by atoms with van der Waals surface area (Å²) >= 11 is 0. The number of nitrogens with zero attached hydrogens (tertiary/aromatic N) is 4. The highest BCUT2D eigenvalue weighted by molar-refractivity contribution is 5.94. The number of aromatic nitrogens is 2. The maximum Gasteiger partial charge on any atom is 0.272 e. The monoisotopic (exact) mass is 415 g/mol. The van der Waals surface area contributed by atoms with E-state index in [2.05, 4.69) is 45.4 Å². The summed E-state index contributed by atoms with van der Waals surface area (Å²) < 4.78 is 1.96. The molecule has 1 saturated heterocycles. The Morgan fingerprint density at radius 1 is 0.871 bits per heavy atom. The highest BCUT2D eigenvalue weighted by atomic mass is 16.2. The second kappa shape index (κ2) is 8.94. The molecule has 1 aliphatic carbocycles. The maximum absolute atomic E-state index is 12.9. The number of carbonyl (C=O) groups excluding carboxylic acids is 1. The molecule has 0 unspecified atom stereocenters. The molecular weight excluding hydrogens is 386 g/mol. The van der Waals surface area contributed by atoms with E-state index in [9.17, 15) is 4.79 Å². The van der Waals surface area contributed by atoms with Crippen molar-refractivity contribution in [2.75, 3.05) is 44.2 Å². The smallest absolute Gasteiger partial charge is 0.272 e. The summed E-state index contributed by atoms with van der Waals surface area (Å²) in [6, 6.07) is 20.7. The van der Waals surface area contributed by atoms with Crippen molar-refractivity contribution in [1.82, 2.24) is 20.0 Å². The number of anilines is 1. The van der Waals surface area contributed by atoms with Crippen LogP contribution in [0.25, 0.3) is 5.69 Å². The van der Waals surface area contributed by atoms with Gasteiger partial charge in [-0.05, 0) is 43.5 Å². The summed E-state index contributed by atoms with van der Waals surface area (Å²) in [5, 5.41) is 7.81. The first-order chi connectivity index (χ1) is 15.3. The van der Waals surface area contributed by atoms with Crippen LogP contribution >= 0.6 is 0 Å². The lowest BCUT2D eigenvalue weighted by molar-refractivity contribution is 0.0941. The topological polar surface area (TPSA) is 53.4 Å². The minimum Gasteiger partial charge on any atom is -0.369 e. The zero-order valence-electron chi connectivity index (χ0n) is 17.8. The van der Waals surface area contributed by atoms with Gasteiger partial charge in [0, 0.05) is 56.2 Å². The van der Waals surface area contributed by atoms with E-state index in [-0.39, 0.29) is 5.91 Å². The third-order valence-electron chi connectivity index (χ3n) is 6.35. The predicted molar refractivity (Wildman–Crippen MR) is 123 cm³/mol. The fourth-order valence-electron chi connectivity index (χ4n) is 4.68. The van der Waals surface area contributed by atoms with E-state index in [0.717, 1.165) is 63.2 Å². The number of para-hydroxylation sites is 2. The molecule has 31 heavy (non-hydrogen) atoms. The largest absolute Gasteiger partial charge is 0.369 e. The molecule has 6 nitrogen and oxygen atoms in total. The number of fused-ring (bicyclic) bond motifs is 1. The quantitative estimate of drug-likeness (QED) is 0.673. The van der Waals surface area contributed by atoms with Crippen molar-refractivity contribution in [3.63, 3.8) is 0 Å². The first-order valence-corrected chi connectivity index (χ1v) is 11.3. The van der Waals surface area contributed by atoms with E-state index in [1.807, 2.05) is 35.0 Å². The van der Waals surface area contributed by atoms with Crippen LogP contribution in [0.1, 0.15) is 28.2 Å². The molecule has 0 spiro atoms. The van der Waals surface area contributed by atoms with Crippen LogP contribution < -0.4 is 10.2 Å². The van der Waals surface area contributed by atoms with Gasteiger partial charge in [-0.3, -0.25) is 9.69 Å². The van der Waals surface area contributed by atoms with Gasteiger partial charge in [-0.15, -0.1) is 0 Å². The van der Waals surface area contributed by atoms with Crippen LogP contribution in [0.15, 0.2) is 60.7 Å². The Kier molecular flexibility index (Phi) is 5.71. The number of nitrogens with one attached hydrogen (secondary N) is 1. The van der Waals surface area contributed by atoms with Crippen molar-refractivity contribution in [3.8, 4) is 5.69 Å². The molecule has 0 bridgehead atoms. The second-order valence-corrected chi connectivity index (χ2v) is 8.29. The minimum absolute atomic E-state index is 0.0456. The Balaban J connectivity index is 1.16. The summed E-state index contributed by atoms with van der Waals surface area (Å²) in [5.41, 5.74) is 5.23. The third kappa shape index (κ3) is 4.21. The van der Waals surface area contributed by atoms with E-state index >= 15 is 0 Å². The number of hydrogen-bond acceptors (Lipinski definition) is 4. The highest BCUT2D eigenvalue weighted by Gasteiger charge is 2.27. The molecule has 1 aromatic heterocycles. The third-order valence-corrected chi connectivity index (χ3v) is 6.35.